The third kappa shape index (κ3) is 2.75. The smallest absolute Gasteiger partial charge is 0.185 e. The van der Waals surface area contributed by atoms with Crippen LogP contribution in [0.15, 0.2) is 28.7 Å². The van der Waals surface area contributed by atoms with E-state index in [0.717, 1.165) is 15.3 Å². The minimum Gasteiger partial charge on any atom is -0.364 e. The van der Waals surface area contributed by atoms with Crippen LogP contribution in [0.25, 0.3) is 0 Å². The Bertz CT molecular complexity index is 573. The molecule has 4 nitrogen and oxygen atoms in total. The number of benzene rings is 1. The highest BCUT2D eigenvalue weighted by atomic mass is 79.9. The zero-order valence-electron chi connectivity index (χ0n) is 8.99. The van der Waals surface area contributed by atoms with Crippen LogP contribution >= 0.6 is 27.3 Å². The molecule has 0 unspecified atom stereocenters. The summed E-state index contributed by atoms with van der Waals surface area (Å²) in [5.74, 6) is 0.583. The van der Waals surface area contributed by atoms with Crippen molar-refractivity contribution < 1.29 is 0 Å². The average molecular weight is 309 g/mol. The molecule has 0 bridgehead atoms. The number of hydrogen-bond donors (Lipinski definition) is 2. The summed E-state index contributed by atoms with van der Waals surface area (Å²) < 4.78 is 0.977. The molecule has 0 aliphatic rings. The second kappa shape index (κ2) is 5.17. The van der Waals surface area contributed by atoms with Gasteiger partial charge in [-0.15, -0.1) is 0 Å². The fourth-order valence-electron chi connectivity index (χ4n) is 1.29. The second-order valence-corrected chi connectivity index (χ2v) is 5.11. The van der Waals surface area contributed by atoms with Crippen LogP contribution in [-0.4, -0.2) is 12.0 Å². The van der Waals surface area contributed by atoms with Crippen molar-refractivity contribution in [3.05, 3.63) is 33.6 Å². The van der Waals surface area contributed by atoms with Crippen LogP contribution < -0.4 is 10.6 Å². The van der Waals surface area contributed by atoms with E-state index in [-0.39, 0.29) is 0 Å². The molecule has 0 saturated carbocycles. The van der Waals surface area contributed by atoms with Gasteiger partial charge in [0.25, 0.3) is 0 Å². The summed E-state index contributed by atoms with van der Waals surface area (Å²) in [6.07, 6.45) is 0. The molecular weight excluding hydrogens is 300 g/mol. The first-order valence-electron chi connectivity index (χ1n) is 4.84. The van der Waals surface area contributed by atoms with Gasteiger partial charge in [-0.2, -0.15) is 5.26 Å². The number of nitrogens with zero attached hydrogens (tertiary/aromatic N) is 2. The zero-order valence-corrected chi connectivity index (χ0v) is 11.4. The van der Waals surface area contributed by atoms with E-state index in [4.69, 9.17) is 5.26 Å². The number of thiazole rings is 1. The van der Waals surface area contributed by atoms with Crippen LogP contribution in [0.1, 0.15) is 4.88 Å². The fourth-order valence-corrected chi connectivity index (χ4v) is 2.36. The van der Waals surface area contributed by atoms with Gasteiger partial charge in [0.2, 0.25) is 0 Å². The van der Waals surface area contributed by atoms with Gasteiger partial charge in [-0.05, 0) is 18.2 Å². The highest BCUT2D eigenvalue weighted by molar-refractivity contribution is 9.10. The number of anilines is 3. The lowest BCUT2D eigenvalue weighted by atomic mass is 10.3. The predicted octanol–water partition coefficient (Wildman–Crippen LogP) is 3.56. The lowest BCUT2D eigenvalue weighted by Crippen LogP contribution is -1.93. The van der Waals surface area contributed by atoms with Crippen molar-refractivity contribution in [1.29, 1.82) is 5.26 Å². The molecule has 1 aromatic carbocycles. The molecule has 1 heterocycles. The number of nitriles is 1. The molecule has 0 atom stereocenters. The molecule has 0 spiro atoms. The van der Waals surface area contributed by atoms with Crippen LogP contribution in [-0.2, 0) is 0 Å². The van der Waals surface area contributed by atoms with Gasteiger partial charge >= 0.3 is 0 Å². The first-order chi connectivity index (χ1) is 8.22. The Balaban J connectivity index is 2.30. The number of halogens is 1. The highest BCUT2D eigenvalue weighted by Gasteiger charge is 2.10. The topological polar surface area (TPSA) is 60.7 Å². The summed E-state index contributed by atoms with van der Waals surface area (Å²) in [7, 11) is 1.78. The van der Waals surface area contributed by atoms with E-state index < -0.39 is 0 Å². The monoisotopic (exact) mass is 308 g/mol. The Morgan fingerprint density at radius 3 is 2.94 bits per heavy atom. The highest BCUT2D eigenvalue weighted by Crippen LogP contribution is 2.29. The van der Waals surface area contributed by atoms with E-state index in [2.05, 4.69) is 37.6 Å². The van der Waals surface area contributed by atoms with Crippen LogP contribution in [0.5, 0.6) is 0 Å². The maximum absolute atomic E-state index is 9.00. The number of aromatic nitrogens is 1. The van der Waals surface area contributed by atoms with E-state index in [1.54, 1.807) is 7.05 Å². The maximum Gasteiger partial charge on any atom is 0.185 e. The van der Waals surface area contributed by atoms with E-state index in [1.165, 1.54) is 11.3 Å². The Hall–Kier alpha value is -1.58. The summed E-state index contributed by atoms with van der Waals surface area (Å²) in [6, 6.07) is 9.84. The molecule has 17 heavy (non-hydrogen) atoms. The van der Waals surface area contributed by atoms with Gasteiger partial charge in [0, 0.05) is 17.2 Å². The third-order valence-electron chi connectivity index (χ3n) is 2.03. The number of rotatable bonds is 3. The van der Waals surface area contributed by atoms with Gasteiger partial charge in [-0.25, -0.2) is 4.98 Å². The van der Waals surface area contributed by atoms with Crippen molar-refractivity contribution in [2.75, 3.05) is 17.7 Å². The van der Waals surface area contributed by atoms with Crippen molar-refractivity contribution in [3.8, 4) is 6.07 Å². The van der Waals surface area contributed by atoms with E-state index in [1.807, 2.05) is 24.3 Å². The maximum atomic E-state index is 9.00. The molecule has 0 aliphatic heterocycles. The summed E-state index contributed by atoms with van der Waals surface area (Å²) in [5.41, 5.74) is 0.892. The molecule has 0 aliphatic carbocycles. The van der Waals surface area contributed by atoms with Crippen LogP contribution in [0.2, 0.25) is 0 Å². The minimum absolute atomic E-state index is 0.564. The predicted molar refractivity (Wildman–Crippen MR) is 73.8 cm³/mol. The fraction of sp³-hybridized carbons (Fsp3) is 0.0909. The van der Waals surface area contributed by atoms with Gasteiger partial charge < -0.3 is 10.6 Å². The Kier molecular flexibility index (Phi) is 3.61. The first kappa shape index (κ1) is 11.9. The van der Waals surface area contributed by atoms with E-state index in [0.29, 0.717) is 10.7 Å². The Labute approximate surface area is 111 Å². The van der Waals surface area contributed by atoms with Crippen molar-refractivity contribution in [2.24, 2.45) is 0 Å². The van der Waals surface area contributed by atoms with Crippen LogP contribution in [0.4, 0.5) is 16.6 Å². The normalized spacial score (nSPS) is 9.71. The molecule has 2 rings (SSSR count). The van der Waals surface area contributed by atoms with Crippen molar-refractivity contribution in [3.63, 3.8) is 0 Å². The number of nitrogens with one attached hydrogen (secondary N) is 2. The van der Waals surface area contributed by atoms with Crippen molar-refractivity contribution >= 4 is 43.9 Å². The summed E-state index contributed by atoms with van der Waals surface area (Å²) in [5, 5.41) is 15.8. The second-order valence-electron chi connectivity index (χ2n) is 3.19. The molecule has 0 fully saturated rings. The zero-order chi connectivity index (χ0) is 12.3. The summed E-state index contributed by atoms with van der Waals surface area (Å²) >= 11 is 4.72. The first-order valence-corrected chi connectivity index (χ1v) is 6.45. The molecule has 86 valence electrons. The summed E-state index contributed by atoms with van der Waals surface area (Å²) in [6.45, 7) is 0. The van der Waals surface area contributed by atoms with Gasteiger partial charge in [0.1, 0.15) is 6.07 Å². The molecule has 0 radical (unpaired) electrons. The van der Waals surface area contributed by atoms with Crippen LogP contribution in [0.3, 0.4) is 0 Å². The molecule has 2 N–H and O–H groups in total. The lowest BCUT2D eigenvalue weighted by molar-refractivity contribution is 1.33. The Morgan fingerprint density at radius 2 is 2.29 bits per heavy atom. The SMILES string of the molecule is CNc1nc(Nc2cccc(Br)c2)c(C#N)s1. The quantitative estimate of drug-likeness (QED) is 0.910. The largest absolute Gasteiger partial charge is 0.364 e. The molecule has 1 aromatic heterocycles. The van der Waals surface area contributed by atoms with Crippen molar-refractivity contribution in [2.45, 2.75) is 0 Å². The molecular formula is C11H9BrN4S. The van der Waals surface area contributed by atoms with Gasteiger partial charge in [-0.3, -0.25) is 0 Å². The van der Waals surface area contributed by atoms with Crippen molar-refractivity contribution in [1.82, 2.24) is 4.98 Å². The van der Waals surface area contributed by atoms with Gasteiger partial charge in [-0.1, -0.05) is 33.3 Å². The Morgan fingerprint density at radius 1 is 1.47 bits per heavy atom. The average Bonchev–Trinajstić information content (AvgIpc) is 2.71. The van der Waals surface area contributed by atoms with E-state index >= 15 is 0 Å². The minimum atomic E-state index is 0.564. The molecule has 0 saturated heterocycles. The number of hydrogen-bond acceptors (Lipinski definition) is 5. The molecule has 2 aromatic rings. The van der Waals surface area contributed by atoms with Gasteiger partial charge in [0.15, 0.2) is 15.8 Å². The lowest BCUT2D eigenvalue weighted by Gasteiger charge is -2.03. The third-order valence-corrected chi connectivity index (χ3v) is 3.50. The summed E-state index contributed by atoms with van der Waals surface area (Å²) in [4.78, 5) is 4.85. The molecule has 6 heteroatoms. The van der Waals surface area contributed by atoms with E-state index in [9.17, 15) is 0 Å². The molecule has 0 amide bonds. The van der Waals surface area contributed by atoms with Crippen LogP contribution in [0, 0.1) is 11.3 Å². The standard InChI is InChI=1S/C11H9BrN4S/c1-14-11-16-10(9(6-13)17-11)15-8-4-2-3-7(12)5-8/h2-5,15H,1H3,(H,14,16). The van der Waals surface area contributed by atoms with Gasteiger partial charge in [0.05, 0.1) is 0 Å².